The summed E-state index contributed by atoms with van der Waals surface area (Å²) in [5.41, 5.74) is 5.84. The van der Waals surface area contributed by atoms with Crippen LogP contribution >= 0.6 is 11.8 Å². The molecule has 4 rings (SSSR count). The fourth-order valence-corrected chi connectivity index (χ4v) is 4.19. The summed E-state index contributed by atoms with van der Waals surface area (Å²) in [4.78, 5) is 17.4. The minimum Gasteiger partial charge on any atom is -0.293 e. The predicted molar refractivity (Wildman–Crippen MR) is 126 cm³/mol. The molecule has 3 nitrogen and oxygen atoms in total. The van der Waals surface area contributed by atoms with Crippen molar-refractivity contribution >= 4 is 17.5 Å². The van der Waals surface area contributed by atoms with Crippen LogP contribution < -0.4 is 0 Å². The largest absolute Gasteiger partial charge is 0.293 e. The van der Waals surface area contributed by atoms with Gasteiger partial charge in [0.25, 0.3) is 0 Å². The maximum atomic E-state index is 12.6. The van der Waals surface area contributed by atoms with Gasteiger partial charge >= 0.3 is 0 Å². The Kier molecular flexibility index (Phi) is 6.26. The Labute approximate surface area is 186 Å². The van der Waals surface area contributed by atoms with E-state index < -0.39 is 0 Å². The fourth-order valence-electron chi connectivity index (χ4n) is 3.29. The molecule has 1 aromatic heterocycles. The number of Topliss-reactive ketones (excluding diaryl/α,β-unsaturated/α-hetero) is 1. The number of benzene rings is 3. The first kappa shape index (κ1) is 20.6. The van der Waals surface area contributed by atoms with Crippen molar-refractivity contribution < 1.29 is 4.79 Å². The number of nitrogens with zero attached hydrogens (tertiary/aromatic N) is 2. The molecule has 0 saturated carbocycles. The predicted octanol–water partition coefficient (Wildman–Crippen LogP) is 6.57. The Morgan fingerprint density at radius 1 is 0.903 bits per heavy atom. The zero-order valence-corrected chi connectivity index (χ0v) is 17.9. The Morgan fingerprint density at radius 2 is 1.55 bits per heavy atom. The minimum atomic E-state index is 0.0123. The second-order valence-electron chi connectivity index (χ2n) is 7.16. The van der Waals surface area contributed by atoms with Gasteiger partial charge in [0.15, 0.2) is 5.78 Å². The van der Waals surface area contributed by atoms with Gasteiger partial charge in [0.2, 0.25) is 0 Å². The maximum absolute atomic E-state index is 12.6. The third-order valence-electron chi connectivity index (χ3n) is 4.97. The Bertz CT molecular complexity index is 1240. The van der Waals surface area contributed by atoms with Crippen LogP contribution in [-0.4, -0.2) is 16.5 Å². The lowest BCUT2D eigenvalue weighted by Gasteiger charge is -2.13. The summed E-state index contributed by atoms with van der Waals surface area (Å²) in [6.45, 7) is 2.04. The number of ketones is 1. The van der Waals surface area contributed by atoms with Crippen molar-refractivity contribution in [1.82, 2.24) is 4.98 Å². The molecule has 150 valence electrons. The molecule has 31 heavy (non-hydrogen) atoms. The molecule has 0 aliphatic carbocycles. The molecule has 0 unspecified atom stereocenters. The topological polar surface area (TPSA) is 53.8 Å². The molecule has 0 fully saturated rings. The second-order valence-corrected chi connectivity index (χ2v) is 8.12. The van der Waals surface area contributed by atoms with Crippen LogP contribution in [-0.2, 0) is 0 Å². The molecular formula is C27H20N2OS. The number of aryl methyl sites for hydroxylation is 1. The molecule has 0 amide bonds. The highest BCUT2D eigenvalue weighted by Gasteiger charge is 2.17. The first-order chi connectivity index (χ1) is 15.2. The average molecular weight is 421 g/mol. The molecule has 0 radical (unpaired) electrons. The number of carbonyl (C=O) groups is 1. The van der Waals surface area contributed by atoms with Crippen LogP contribution in [0.15, 0.2) is 96.0 Å². The van der Waals surface area contributed by atoms with Gasteiger partial charge in [-0.1, -0.05) is 102 Å². The van der Waals surface area contributed by atoms with E-state index in [1.165, 1.54) is 11.8 Å². The highest BCUT2D eigenvalue weighted by Crippen LogP contribution is 2.34. The van der Waals surface area contributed by atoms with Crippen LogP contribution in [0.1, 0.15) is 21.5 Å². The van der Waals surface area contributed by atoms with Gasteiger partial charge < -0.3 is 0 Å². The first-order valence-corrected chi connectivity index (χ1v) is 10.9. The van der Waals surface area contributed by atoms with E-state index in [0.29, 0.717) is 16.2 Å². The number of hydrogen-bond donors (Lipinski definition) is 0. The number of aromatic nitrogens is 1. The van der Waals surface area contributed by atoms with Crippen LogP contribution in [0.5, 0.6) is 0 Å². The number of carbonyl (C=O) groups excluding carboxylic acids is 1. The molecule has 0 N–H and O–H groups in total. The summed E-state index contributed by atoms with van der Waals surface area (Å²) in [5, 5.41) is 10.5. The third-order valence-corrected chi connectivity index (χ3v) is 5.94. The van der Waals surface area contributed by atoms with Crippen LogP contribution in [0.3, 0.4) is 0 Å². The van der Waals surface area contributed by atoms with Crippen molar-refractivity contribution in [2.75, 3.05) is 5.75 Å². The van der Waals surface area contributed by atoms with Crippen LogP contribution in [0.2, 0.25) is 0 Å². The van der Waals surface area contributed by atoms with E-state index in [0.717, 1.165) is 27.9 Å². The number of thioether (sulfide) groups is 1. The third kappa shape index (κ3) is 4.74. The molecule has 3 aromatic carbocycles. The Hall–Kier alpha value is -3.68. The number of hydrogen-bond acceptors (Lipinski definition) is 4. The molecule has 4 heteroatoms. The quantitative estimate of drug-likeness (QED) is 0.261. The van der Waals surface area contributed by atoms with Crippen molar-refractivity contribution in [1.29, 1.82) is 5.26 Å². The summed E-state index contributed by atoms with van der Waals surface area (Å²) in [6.07, 6.45) is 0. The summed E-state index contributed by atoms with van der Waals surface area (Å²) < 4.78 is 0. The number of rotatable bonds is 6. The summed E-state index contributed by atoms with van der Waals surface area (Å²) in [7, 11) is 0. The highest BCUT2D eigenvalue weighted by molar-refractivity contribution is 8.00. The average Bonchev–Trinajstić information content (AvgIpc) is 2.83. The number of pyridine rings is 1. The van der Waals surface area contributed by atoms with Crippen LogP contribution in [0, 0.1) is 18.3 Å². The molecule has 0 aliphatic rings. The van der Waals surface area contributed by atoms with Crippen molar-refractivity contribution in [3.63, 3.8) is 0 Å². The second kappa shape index (κ2) is 9.42. The van der Waals surface area contributed by atoms with Crippen LogP contribution in [0.4, 0.5) is 0 Å². The van der Waals surface area contributed by atoms with E-state index in [9.17, 15) is 10.1 Å². The van der Waals surface area contributed by atoms with Gasteiger partial charge in [0.05, 0.1) is 17.0 Å². The van der Waals surface area contributed by atoms with Gasteiger partial charge in [-0.2, -0.15) is 5.26 Å². The van der Waals surface area contributed by atoms with Gasteiger partial charge in [-0.05, 0) is 18.6 Å². The molecule has 4 aromatic rings. The van der Waals surface area contributed by atoms with Crippen molar-refractivity contribution in [3.8, 4) is 28.5 Å². The highest BCUT2D eigenvalue weighted by atomic mass is 32.2. The monoisotopic (exact) mass is 420 g/mol. The van der Waals surface area contributed by atoms with E-state index in [1.54, 1.807) is 12.1 Å². The zero-order chi connectivity index (χ0) is 21.6. The molecule has 0 spiro atoms. The van der Waals surface area contributed by atoms with Gasteiger partial charge in [0.1, 0.15) is 11.1 Å². The molecule has 0 bridgehead atoms. The van der Waals surface area contributed by atoms with E-state index in [-0.39, 0.29) is 11.5 Å². The fraction of sp³-hybridized carbons (Fsp3) is 0.0741. The van der Waals surface area contributed by atoms with E-state index >= 15 is 0 Å². The van der Waals surface area contributed by atoms with Crippen LogP contribution in [0.25, 0.3) is 22.4 Å². The Morgan fingerprint density at radius 3 is 2.19 bits per heavy atom. The van der Waals surface area contributed by atoms with E-state index in [4.69, 9.17) is 4.98 Å². The van der Waals surface area contributed by atoms with Crippen molar-refractivity contribution in [2.45, 2.75) is 11.9 Å². The molecule has 0 aliphatic heterocycles. The van der Waals surface area contributed by atoms with Gasteiger partial charge in [-0.15, -0.1) is 0 Å². The van der Waals surface area contributed by atoms with Gasteiger partial charge in [0, 0.05) is 16.7 Å². The van der Waals surface area contributed by atoms with Gasteiger partial charge in [-0.25, -0.2) is 4.98 Å². The molecular weight excluding hydrogens is 400 g/mol. The Balaban J connectivity index is 1.77. The normalized spacial score (nSPS) is 10.5. The minimum absolute atomic E-state index is 0.0123. The van der Waals surface area contributed by atoms with Crippen molar-refractivity contribution in [2.24, 2.45) is 0 Å². The molecule has 1 heterocycles. The standard InChI is InChI=1S/C27H20N2OS/c1-19-12-14-20(15-13-19)23-16-25(21-8-4-2-5-9-21)29-27(24(23)17-28)31-18-26(30)22-10-6-3-7-11-22/h2-16H,18H2,1H3. The summed E-state index contributed by atoms with van der Waals surface area (Å²) in [6, 6.07) is 31.5. The lowest BCUT2D eigenvalue weighted by Crippen LogP contribution is -2.03. The first-order valence-electron chi connectivity index (χ1n) is 9.94. The smallest absolute Gasteiger partial charge is 0.173 e. The van der Waals surface area contributed by atoms with Gasteiger partial charge in [-0.3, -0.25) is 4.79 Å². The zero-order valence-electron chi connectivity index (χ0n) is 17.1. The SMILES string of the molecule is Cc1ccc(-c2cc(-c3ccccc3)nc(SCC(=O)c3ccccc3)c2C#N)cc1. The maximum Gasteiger partial charge on any atom is 0.173 e. The number of nitriles is 1. The molecule has 0 saturated heterocycles. The lowest BCUT2D eigenvalue weighted by atomic mass is 9.98. The molecule has 0 atom stereocenters. The van der Waals surface area contributed by atoms with E-state index in [1.807, 2.05) is 85.8 Å². The summed E-state index contributed by atoms with van der Waals surface area (Å²) in [5.74, 6) is 0.232. The lowest BCUT2D eigenvalue weighted by molar-refractivity contribution is 0.102. The van der Waals surface area contributed by atoms with Crippen molar-refractivity contribution in [3.05, 3.63) is 108 Å². The summed E-state index contributed by atoms with van der Waals surface area (Å²) >= 11 is 1.31. The van der Waals surface area contributed by atoms with E-state index in [2.05, 4.69) is 6.07 Å².